The van der Waals surface area contributed by atoms with E-state index in [4.69, 9.17) is 0 Å². The molecule has 0 unspecified atom stereocenters. The molecule has 4 heteroatoms. The average molecular weight is 221 g/mol. The van der Waals surface area contributed by atoms with Crippen LogP contribution in [-0.4, -0.2) is 15.7 Å². The van der Waals surface area contributed by atoms with Crippen molar-refractivity contribution in [2.24, 2.45) is 5.92 Å². The van der Waals surface area contributed by atoms with E-state index in [0.29, 0.717) is 0 Å². The van der Waals surface area contributed by atoms with Crippen LogP contribution in [0, 0.1) is 5.92 Å². The largest absolute Gasteiger partial charge is 0.346 e. The first-order valence-electron chi connectivity index (χ1n) is 5.92. The first kappa shape index (κ1) is 11.2. The maximum Gasteiger partial charge on any atom is 0.223 e. The van der Waals surface area contributed by atoms with Crippen LogP contribution in [0.5, 0.6) is 0 Å². The van der Waals surface area contributed by atoms with Gasteiger partial charge in [0.2, 0.25) is 5.91 Å². The smallest absolute Gasteiger partial charge is 0.223 e. The van der Waals surface area contributed by atoms with E-state index in [2.05, 4.69) is 17.3 Å². The zero-order valence-corrected chi connectivity index (χ0v) is 10.2. The molecule has 2 rings (SSSR count). The van der Waals surface area contributed by atoms with E-state index in [-0.39, 0.29) is 17.4 Å². The third kappa shape index (κ3) is 1.96. The molecule has 88 valence electrons. The van der Waals surface area contributed by atoms with Gasteiger partial charge in [0.1, 0.15) is 0 Å². The molecule has 0 aromatic carbocycles. The van der Waals surface area contributed by atoms with Crippen LogP contribution in [0.2, 0.25) is 0 Å². The SMILES string of the molecule is CCn1cc(C2(NC(=O)C(C)C)CC2)cn1. The summed E-state index contributed by atoms with van der Waals surface area (Å²) in [6.07, 6.45) is 5.96. The Morgan fingerprint density at radius 3 is 2.75 bits per heavy atom. The van der Waals surface area contributed by atoms with Gasteiger partial charge in [-0.25, -0.2) is 0 Å². The molecule has 1 heterocycles. The van der Waals surface area contributed by atoms with Gasteiger partial charge in [0, 0.05) is 24.2 Å². The first-order valence-corrected chi connectivity index (χ1v) is 5.92. The molecule has 1 aromatic heterocycles. The Balaban J connectivity index is 2.11. The molecule has 1 amide bonds. The van der Waals surface area contributed by atoms with Gasteiger partial charge >= 0.3 is 0 Å². The number of aryl methyl sites for hydroxylation is 1. The number of carbonyl (C=O) groups excluding carboxylic acids is 1. The Bertz CT molecular complexity index is 391. The second kappa shape index (κ2) is 3.92. The van der Waals surface area contributed by atoms with Gasteiger partial charge in [0.05, 0.1) is 11.7 Å². The van der Waals surface area contributed by atoms with E-state index in [0.717, 1.165) is 24.9 Å². The van der Waals surface area contributed by atoms with E-state index < -0.39 is 0 Å². The Kier molecular flexibility index (Phi) is 2.74. The molecule has 0 spiro atoms. The second-order valence-electron chi connectivity index (χ2n) is 4.81. The molecule has 0 atom stereocenters. The summed E-state index contributed by atoms with van der Waals surface area (Å²) in [5, 5.41) is 7.39. The Labute approximate surface area is 96.0 Å². The Morgan fingerprint density at radius 1 is 1.62 bits per heavy atom. The van der Waals surface area contributed by atoms with E-state index >= 15 is 0 Å². The van der Waals surface area contributed by atoms with E-state index in [1.807, 2.05) is 30.9 Å². The molecule has 1 aromatic rings. The number of aromatic nitrogens is 2. The zero-order chi connectivity index (χ0) is 11.8. The highest BCUT2D eigenvalue weighted by Gasteiger charge is 2.46. The number of nitrogens with zero attached hydrogens (tertiary/aromatic N) is 2. The first-order chi connectivity index (χ1) is 7.57. The summed E-state index contributed by atoms with van der Waals surface area (Å²) >= 11 is 0. The quantitative estimate of drug-likeness (QED) is 0.840. The predicted octanol–water partition coefficient (Wildman–Crippen LogP) is 1.66. The lowest BCUT2D eigenvalue weighted by Gasteiger charge is -2.17. The summed E-state index contributed by atoms with van der Waals surface area (Å²) in [6, 6.07) is 0. The van der Waals surface area contributed by atoms with Crippen molar-refractivity contribution in [3.8, 4) is 0 Å². The molecule has 1 aliphatic carbocycles. The predicted molar refractivity (Wildman–Crippen MR) is 61.8 cm³/mol. The average Bonchev–Trinajstić information content (AvgIpc) is 2.87. The molecular weight excluding hydrogens is 202 g/mol. The molecule has 0 radical (unpaired) electrons. The topological polar surface area (TPSA) is 46.9 Å². The van der Waals surface area contributed by atoms with E-state index in [1.54, 1.807) is 0 Å². The minimum absolute atomic E-state index is 0.0405. The highest BCUT2D eigenvalue weighted by atomic mass is 16.2. The van der Waals surface area contributed by atoms with Gasteiger partial charge in [0.25, 0.3) is 0 Å². The lowest BCUT2D eigenvalue weighted by Crippen LogP contribution is -2.37. The van der Waals surface area contributed by atoms with Gasteiger partial charge in [-0.05, 0) is 19.8 Å². The van der Waals surface area contributed by atoms with Crippen molar-refractivity contribution in [1.82, 2.24) is 15.1 Å². The third-order valence-electron chi connectivity index (χ3n) is 3.15. The van der Waals surface area contributed by atoms with Crippen LogP contribution in [0.25, 0.3) is 0 Å². The van der Waals surface area contributed by atoms with Crippen LogP contribution in [0.3, 0.4) is 0 Å². The summed E-state index contributed by atoms with van der Waals surface area (Å²) in [5.74, 6) is 0.167. The van der Waals surface area contributed by atoms with Crippen LogP contribution in [0.15, 0.2) is 12.4 Å². The molecule has 0 bridgehead atoms. The number of carbonyl (C=O) groups is 1. The monoisotopic (exact) mass is 221 g/mol. The van der Waals surface area contributed by atoms with E-state index in [1.165, 1.54) is 0 Å². The van der Waals surface area contributed by atoms with Crippen molar-refractivity contribution in [2.45, 2.75) is 45.7 Å². The van der Waals surface area contributed by atoms with Crippen LogP contribution in [-0.2, 0) is 16.9 Å². The maximum absolute atomic E-state index is 11.7. The standard InChI is InChI=1S/C12H19N3O/c1-4-15-8-10(7-13-15)12(5-6-12)14-11(16)9(2)3/h7-9H,4-6H2,1-3H3,(H,14,16). The minimum atomic E-state index is -0.116. The van der Waals surface area contributed by atoms with Gasteiger partial charge in [-0.3, -0.25) is 9.48 Å². The maximum atomic E-state index is 11.7. The van der Waals surface area contributed by atoms with Crippen molar-refractivity contribution in [2.75, 3.05) is 0 Å². The summed E-state index contributed by atoms with van der Waals surface area (Å²) < 4.78 is 1.90. The fourth-order valence-corrected chi connectivity index (χ4v) is 1.77. The minimum Gasteiger partial charge on any atom is -0.346 e. The van der Waals surface area contributed by atoms with E-state index in [9.17, 15) is 4.79 Å². The lowest BCUT2D eigenvalue weighted by atomic mass is 10.1. The van der Waals surface area contributed by atoms with Gasteiger partial charge in [0.15, 0.2) is 0 Å². The fourth-order valence-electron chi connectivity index (χ4n) is 1.77. The molecule has 1 saturated carbocycles. The van der Waals surface area contributed by atoms with Crippen LogP contribution in [0.4, 0.5) is 0 Å². The van der Waals surface area contributed by atoms with Crippen molar-refractivity contribution in [1.29, 1.82) is 0 Å². The number of nitrogens with one attached hydrogen (secondary N) is 1. The molecular formula is C12H19N3O. The Morgan fingerprint density at radius 2 is 2.31 bits per heavy atom. The Hall–Kier alpha value is -1.32. The van der Waals surface area contributed by atoms with Crippen molar-refractivity contribution < 1.29 is 4.79 Å². The molecule has 1 aliphatic rings. The number of hydrogen-bond acceptors (Lipinski definition) is 2. The summed E-state index contributed by atoms with van der Waals surface area (Å²) in [7, 11) is 0. The molecule has 0 saturated heterocycles. The molecule has 1 fully saturated rings. The highest BCUT2D eigenvalue weighted by Crippen LogP contribution is 2.45. The van der Waals surface area contributed by atoms with Gasteiger partial charge < -0.3 is 5.32 Å². The van der Waals surface area contributed by atoms with Crippen LogP contribution < -0.4 is 5.32 Å². The number of rotatable bonds is 4. The summed E-state index contributed by atoms with van der Waals surface area (Å²) in [6.45, 7) is 6.76. The van der Waals surface area contributed by atoms with Crippen molar-refractivity contribution in [3.63, 3.8) is 0 Å². The van der Waals surface area contributed by atoms with Crippen molar-refractivity contribution in [3.05, 3.63) is 18.0 Å². The highest BCUT2D eigenvalue weighted by molar-refractivity contribution is 5.79. The third-order valence-corrected chi connectivity index (χ3v) is 3.15. The lowest BCUT2D eigenvalue weighted by molar-refractivity contribution is -0.125. The fraction of sp³-hybridized carbons (Fsp3) is 0.667. The van der Waals surface area contributed by atoms with Crippen molar-refractivity contribution >= 4 is 5.91 Å². The van der Waals surface area contributed by atoms with Crippen LogP contribution >= 0.6 is 0 Å². The van der Waals surface area contributed by atoms with Gasteiger partial charge in [-0.2, -0.15) is 5.10 Å². The molecule has 0 aliphatic heterocycles. The summed E-state index contributed by atoms with van der Waals surface area (Å²) in [5.41, 5.74) is 1.03. The zero-order valence-electron chi connectivity index (χ0n) is 10.2. The second-order valence-corrected chi connectivity index (χ2v) is 4.81. The molecule has 16 heavy (non-hydrogen) atoms. The molecule has 1 N–H and O–H groups in total. The van der Waals surface area contributed by atoms with Gasteiger partial charge in [-0.15, -0.1) is 0 Å². The normalized spacial score (nSPS) is 17.5. The number of amides is 1. The van der Waals surface area contributed by atoms with Gasteiger partial charge in [-0.1, -0.05) is 13.8 Å². The molecule has 4 nitrogen and oxygen atoms in total. The van der Waals surface area contributed by atoms with Crippen LogP contribution in [0.1, 0.15) is 39.2 Å². The summed E-state index contributed by atoms with van der Waals surface area (Å²) in [4.78, 5) is 11.7. The number of hydrogen-bond donors (Lipinski definition) is 1.